The quantitative estimate of drug-likeness (QED) is 0.152. The van der Waals surface area contributed by atoms with Crippen LogP contribution in [0.15, 0.2) is 4.99 Å². The average Bonchev–Trinajstić information content (AvgIpc) is 3.58. The molecule has 4 unspecified atom stereocenters. The third kappa shape index (κ3) is 14.5. The lowest BCUT2D eigenvalue weighted by Gasteiger charge is -2.16. The largest absolute Gasteiger partial charge is 0.481 e. The number of aliphatic carboxylic acids is 1. The minimum atomic E-state index is -1.15. The molecule has 1 rings (SSSR count). The Kier molecular flexibility index (Phi) is 13.2. The Labute approximate surface area is 183 Å². The first kappa shape index (κ1) is 27.6. The fourth-order valence-corrected chi connectivity index (χ4v) is 2.14. The van der Waals surface area contributed by atoms with Crippen LogP contribution in [0.2, 0.25) is 0 Å². The summed E-state index contributed by atoms with van der Waals surface area (Å²) in [5.74, 6) is -2.68. The third-order valence-corrected chi connectivity index (χ3v) is 3.86. The molecule has 0 saturated carbocycles. The molecule has 0 aliphatic carbocycles. The van der Waals surface area contributed by atoms with E-state index in [4.69, 9.17) is 19.3 Å². The zero-order valence-corrected chi connectivity index (χ0v) is 17.5. The molecule has 0 aromatic heterocycles. The van der Waals surface area contributed by atoms with Crippen LogP contribution < -0.4 is 0 Å². The van der Waals surface area contributed by atoms with Gasteiger partial charge in [-0.1, -0.05) is 0 Å². The van der Waals surface area contributed by atoms with Gasteiger partial charge in [-0.25, -0.2) is 0 Å². The minimum absolute atomic E-state index is 0.0180. The van der Waals surface area contributed by atoms with Gasteiger partial charge in [0.15, 0.2) is 5.78 Å². The molecule has 13 nitrogen and oxygen atoms in total. The van der Waals surface area contributed by atoms with Gasteiger partial charge in [-0.05, 0) is 0 Å². The first-order valence-corrected chi connectivity index (χ1v) is 9.96. The molecule has 32 heavy (non-hydrogen) atoms. The highest BCUT2D eigenvalue weighted by atomic mass is 16.6. The van der Waals surface area contributed by atoms with Crippen molar-refractivity contribution in [2.45, 2.75) is 50.0 Å². The standard InChI is InChI=1S/C19H29NO12/c21-12(7-30-9-14(23)11-32-19(28)4-2-17(25)26)6-29-8-13(22)10-31-18(27)3-1-16(24)15-5-20-15/h5,12-15,21-23H,1-4,6-11H2,(H,25,26). The number of nitrogens with zero attached hydrogens (tertiary/aromatic N) is 1. The number of carboxylic acids is 1. The van der Waals surface area contributed by atoms with Crippen LogP contribution in [0.4, 0.5) is 0 Å². The number of ether oxygens (including phenoxy) is 4. The number of carbonyl (C=O) groups excluding carboxylic acids is 3. The second kappa shape index (κ2) is 15.4. The second-order valence-electron chi connectivity index (χ2n) is 7.01. The van der Waals surface area contributed by atoms with Crippen LogP contribution in [0.25, 0.3) is 0 Å². The number of carbonyl (C=O) groups is 4. The van der Waals surface area contributed by atoms with Crippen LogP contribution in [0.1, 0.15) is 25.7 Å². The molecule has 0 saturated heterocycles. The normalized spacial score (nSPS) is 17.3. The summed E-state index contributed by atoms with van der Waals surface area (Å²) in [6.07, 6.45) is -2.61. The summed E-state index contributed by atoms with van der Waals surface area (Å²) in [5.41, 5.74) is 0. The topological polar surface area (TPSA) is 198 Å². The van der Waals surface area contributed by atoms with E-state index in [9.17, 15) is 34.5 Å². The zero-order valence-electron chi connectivity index (χ0n) is 17.5. The van der Waals surface area contributed by atoms with Gasteiger partial charge in [-0.2, -0.15) is 0 Å². The molecule has 13 heteroatoms. The van der Waals surface area contributed by atoms with E-state index in [2.05, 4.69) is 9.73 Å². The number of aliphatic hydroxyl groups excluding tert-OH is 3. The number of aliphatic hydroxyl groups is 3. The maximum atomic E-state index is 11.5. The summed E-state index contributed by atoms with van der Waals surface area (Å²) in [7, 11) is 0. The van der Waals surface area contributed by atoms with E-state index in [1.165, 1.54) is 6.21 Å². The molecule has 0 spiro atoms. The van der Waals surface area contributed by atoms with Crippen molar-refractivity contribution in [1.29, 1.82) is 0 Å². The van der Waals surface area contributed by atoms with Crippen molar-refractivity contribution >= 4 is 29.9 Å². The Morgan fingerprint density at radius 3 is 1.53 bits per heavy atom. The Morgan fingerprint density at radius 1 is 0.719 bits per heavy atom. The Balaban J connectivity index is 1.98. The van der Waals surface area contributed by atoms with Gasteiger partial charge in [0.05, 0.1) is 45.7 Å². The summed E-state index contributed by atoms with van der Waals surface area (Å²) < 4.78 is 19.7. The van der Waals surface area contributed by atoms with Crippen molar-refractivity contribution in [3.63, 3.8) is 0 Å². The average molecular weight is 463 g/mol. The van der Waals surface area contributed by atoms with Crippen LogP contribution in [0.3, 0.4) is 0 Å². The lowest BCUT2D eigenvalue weighted by molar-refractivity contribution is -0.151. The van der Waals surface area contributed by atoms with Crippen LogP contribution in [0.5, 0.6) is 0 Å². The Hall–Kier alpha value is -2.45. The molecule has 1 aliphatic rings. The molecule has 0 amide bonds. The molecule has 0 aromatic carbocycles. The fourth-order valence-electron chi connectivity index (χ4n) is 2.14. The lowest BCUT2D eigenvalue weighted by Crippen LogP contribution is -2.30. The van der Waals surface area contributed by atoms with Crippen molar-refractivity contribution in [2.75, 3.05) is 39.6 Å². The summed E-state index contributed by atoms with van der Waals surface area (Å²) >= 11 is 0. The number of hydrogen-bond donors (Lipinski definition) is 4. The van der Waals surface area contributed by atoms with Gasteiger partial charge in [0, 0.05) is 12.6 Å². The fraction of sp³-hybridized carbons (Fsp3) is 0.737. The predicted molar refractivity (Wildman–Crippen MR) is 105 cm³/mol. The number of ketones is 1. The first-order chi connectivity index (χ1) is 15.2. The van der Waals surface area contributed by atoms with E-state index in [0.717, 1.165) is 0 Å². The molecule has 0 aromatic rings. The van der Waals surface area contributed by atoms with Gasteiger partial charge < -0.3 is 39.4 Å². The molecule has 4 N–H and O–H groups in total. The highest BCUT2D eigenvalue weighted by Crippen LogP contribution is 2.07. The van der Waals surface area contributed by atoms with E-state index in [1.54, 1.807) is 0 Å². The monoisotopic (exact) mass is 463 g/mol. The van der Waals surface area contributed by atoms with Gasteiger partial charge >= 0.3 is 17.9 Å². The highest BCUT2D eigenvalue weighted by molar-refractivity contribution is 6.07. The molecular weight excluding hydrogens is 434 g/mol. The van der Waals surface area contributed by atoms with Crippen molar-refractivity contribution in [3.05, 3.63) is 0 Å². The number of carboxylic acid groups (broad SMARTS) is 1. The van der Waals surface area contributed by atoms with E-state index >= 15 is 0 Å². The zero-order chi connectivity index (χ0) is 23.9. The van der Waals surface area contributed by atoms with E-state index < -0.39 is 42.3 Å². The van der Waals surface area contributed by atoms with Crippen molar-refractivity contribution in [3.8, 4) is 0 Å². The van der Waals surface area contributed by atoms with Gasteiger partial charge in [-0.15, -0.1) is 0 Å². The predicted octanol–water partition coefficient (Wildman–Crippen LogP) is -2.14. The smallest absolute Gasteiger partial charge is 0.306 e. The molecule has 182 valence electrons. The number of hydrogen-bond acceptors (Lipinski definition) is 12. The number of Topliss-reactive ketones (excluding diaryl/α,β-unsaturated/α-hetero) is 1. The van der Waals surface area contributed by atoms with E-state index in [0.29, 0.717) is 0 Å². The van der Waals surface area contributed by atoms with Crippen LogP contribution in [0, 0.1) is 0 Å². The van der Waals surface area contributed by atoms with Crippen LogP contribution in [-0.2, 0) is 38.1 Å². The minimum Gasteiger partial charge on any atom is -0.481 e. The number of rotatable bonds is 19. The van der Waals surface area contributed by atoms with E-state index in [1.807, 2.05) is 0 Å². The summed E-state index contributed by atoms with van der Waals surface area (Å²) in [4.78, 5) is 48.1. The molecular formula is C19H29NO12. The molecule has 0 radical (unpaired) electrons. The molecule has 4 atom stereocenters. The van der Waals surface area contributed by atoms with Gasteiger partial charge in [0.2, 0.25) is 0 Å². The van der Waals surface area contributed by atoms with Crippen LogP contribution >= 0.6 is 0 Å². The molecule has 1 aliphatic heterocycles. The summed E-state index contributed by atoms with van der Waals surface area (Å²) in [5, 5.41) is 37.5. The number of esters is 2. The van der Waals surface area contributed by atoms with E-state index in [-0.39, 0.29) is 71.1 Å². The molecule has 0 fully saturated rings. The van der Waals surface area contributed by atoms with Gasteiger partial charge in [0.1, 0.15) is 37.6 Å². The Bertz CT molecular complexity index is 646. The lowest BCUT2D eigenvalue weighted by atomic mass is 10.1. The van der Waals surface area contributed by atoms with Crippen molar-refractivity contribution in [2.24, 2.45) is 4.99 Å². The van der Waals surface area contributed by atoms with Crippen molar-refractivity contribution < 1.29 is 58.6 Å². The third-order valence-electron chi connectivity index (χ3n) is 3.86. The maximum Gasteiger partial charge on any atom is 0.306 e. The summed E-state index contributed by atoms with van der Waals surface area (Å²) in [6.45, 7) is -1.55. The molecule has 1 heterocycles. The first-order valence-electron chi connectivity index (χ1n) is 9.96. The summed E-state index contributed by atoms with van der Waals surface area (Å²) in [6, 6.07) is -0.409. The molecule has 0 bridgehead atoms. The highest BCUT2D eigenvalue weighted by Gasteiger charge is 2.23. The van der Waals surface area contributed by atoms with Crippen molar-refractivity contribution in [1.82, 2.24) is 0 Å². The van der Waals surface area contributed by atoms with Crippen LogP contribution in [-0.4, -0.2) is 114 Å². The number of aliphatic imine (C=N–C) groups is 1. The van der Waals surface area contributed by atoms with Gasteiger partial charge in [0.25, 0.3) is 0 Å². The van der Waals surface area contributed by atoms with Gasteiger partial charge in [-0.3, -0.25) is 24.2 Å². The second-order valence-corrected chi connectivity index (χ2v) is 7.01. The SMILES string of the molecule is O=C(O)CCC(=O)OCC(O)COCC(O)COCC(O)COC(=O)CCC(=O)C1C=N1. The maximum absolute atomic E-state index is 11.5. The Morgan fingerprint density at radius 2 is 1.12 bits per heavy atom.